The zero-order valence-corrected chi connectivity index (χ0v) is 15.1. The summed E-state index contributed by atoms with van der Waals surface area (Å²) in [6.07, 6.45) is -0.542. The van der Waals surface area contributed by atoms with Gasteiger partial charge < -0.3 is 25.6 Å². The Morgan fingerprint density at radius 1 is 1.31 bits per heavy atom. The van der Waals surface area contributed by atoms with Crippen molar-refractivity contribution >= 4 is 17.8 Å². The van der Waals surface area contributed by atoms with Crippen LogP contribution in [0.3, 0.4) is 0 Å². The number of ether oxygens (including phenoxy) is 1. The summed E-state index contributed by atoms with van der Waals surface area (Å²) < 4.78 is 19.5. The normalized spacial score (nSPS) is 13.0. The number of aliphatic carboxylic acids is 2. The van der Waals surface area contributed by atoms with Crippen molar-refractivity contribution in [3.05, 3.63) is 28.6 Å². The van der Waals surface area contributed by atoms with Crippen molar-refractivity contribution in [3.8, 4) is 5.75 Å². The van der Waals surface area contributed by atoms with Gasteiger partial charge in [0.2, 0.25) is 0 Å². The number of rotatable bonds is 8. The third kappa shape index (κ3) is 4.69. The van der Waals surface area contributed by atoms with Crippen LogP contribution in [0, 0.1) is 18.7 Å². The highest BCUT2D eigenvalue weighted by Gasteiger charge is 2.30. The van der Waals surface area contributed by atoms with E-state index in [4.69, 9.17) is 20.7 Å². The lowest BCUT2D eigenvalue weighted by Gasteiger charge is -2.22. The van der Waals surface area contributed by atoms with Crippen molar-refractivity contribution in [2.75, 3.05) is 21.2 Å². The summed E-state index contributed by atoms with van der Waals surface area (Å²) in [5.74, 6) is -5.09. The highest BCUT2D eigenvalue weighted by atomic mass is 19.1. The molecule has 1 aromatic carbocycles. The molecule has 0 aliphatic heterocycles. The monoisotopic (exact) mass is 370 g/mol. The van der Waals surface area contributed by atoms with Crippen molar-refractivity contribution in [1.82, 2.24) is 4.90 Å². The first-order chi connectivity index (χ1) is 12.0. The summed E-state index contributed by atoms with van der Waals surface area (Å²) >= 11 is 0. The third-order valence-corrected chi connectivity index (χ3v) is 4.15. The quantitative estimate of drug-likeness (QED) is 0.619. The zero-order chi connectivity index (χ0) is 20.2. The molecular formula is C17H23FN2O6. The summed E-state index contributed by atoms with van der Waals surface area (Å²) in [4.78, 5) is 35.8. The highest BCUT2D eigenvalue weighted by molar-refractivity contribution is 5.96. The number of hydrogen-bond acceptors (Lipinski definition) is 5. The number of benzene rings is 1. The van der Waals surface area contributed by atoms with Gasteiger partial charge in [-0.25, -0.2) is 4.39 Å². The smallest absolute Gasteiger partial charge is 0.320 e. The van der Waals surface area contributed by atoms with Crippen LogP contribution in [0.1, 0.15) is 27.9 Å². The number of carbonyl (C=O) groups excluding carboxylic acids is 1. The van der Waals surface area contributed by atoms with Crippen LogP contribution in [0.4, 0.5) is 4.39 Å². The molecule has 144 valence electrons. The van der Waals surface area contributed by atoms with E-state index in [2.05, 4.69) is 0 Å². The minimum atomic E-state index is -1.42. The number of hydrogen-bond donors (Lipinski definition) is 3. The van der Waals surface area contributed by atoms with Crippen LogP contribution in [-0.2, 0) is 16.0 Å². The van der Waals surface area contributed by atoms with Gasteiger partial charge in [0.25, 0.3) is 5.91 Å². The van der Waals surface area contributed by atoms with Crippen molar-refractivity contribution < 1.29 is 33.7 Å². The fourth-order valence-electron chi connectivity index (χ4n) is 2.65. The van der Waals surface area contributed by atoms with Crippen LogP contribution < -0.4 is 10.5 Å². The Kier molecular flexibility index (Phi) is 7.08. The Bertz CT molecular complexity index is 720. The minimum absolute atomic E-state index is 0.0596. The maximum absolute atomic E-state index is 14.6. The molecule has 0 aliphatic rings. The zero-order valence-electron chi connectivity index (χ0n) is 15.1. The first-order valence-corrected chi connectivity index (χ1v) is 7.79. The summed E-state index contributed by atoms with van der Waals surface area (Å²) in [5, 5.41) is 18.1. The molecule has 1 aromatic rings. The first-order valence-electron chi connectivity index (χ1n) is 7.79. The van der Waals surface area contributed by atoms with Crippen molar-refractivity contribution in [3.63, 3.8) is 0 Å². The number of nitrogens with zero attached hydrogens (tertiary/aromatic N) is 1. The lowest BCUT2D eigenvalue weighted by Crippen LogP contribution is -2.40. The van der Waals surface area contributed by atoms with Gasteiger partial charge in [0.1, 0.15) is 6.04 Å². The van der Waals surface area contributed by atoms with Crippen LogP contribution in [0.15, 0.2) is 6.07 Å². The molecule has 0 heterocycles. The fraction of sp³-hybridized carbons (Fsp3) is 0.471. The Labute approximate surface area is 150 Å². The summed E-state index contributed by atoms with van der Waals surface area (Å²) in [5.41, 5.74) is 6.09. The molecule has 1 rings (SSSR count). The first kappa shape index (κ1) is 21.4. The molecule has 0 bridgehead atoms. The molecule has 0 saturated heterocycles. The molecule has 2 unspecified atom stereocenters. The predicted octanol–water partition coefficient (Wildman–Crippen LogP) is 0.890. The van der Waals surface area contributed by atoms with Gasteiger partial charge in [-0.3, -0.25) is 14.4 Å². The summed E-state index contributed by atoms with van der Waals surface area (Å²) in [6, 6.07) is -0.0879. The molecule has 4 N–H and O–H groups in total. The molecular weight excluding hydrogens is 347 g/mol. The lowest BCUT2D eigenvalue weighted by molar-refractivity contribution is -0.142. The minimum Gasteiger partial charge on any atom is -0.494 e. The second kappa shape index (κ2) is 8.61. The Hall–Kier alpha value is -2.68. The molecule has 1 amide bonds. The van der Waals surface area contributed by atoms with Gasteiger partial charge in [0, 0.05) is 14.1 Å². The van der Waals surface area contributed by atoms with Crippen LogP contribution in [0.5, 0.6) is 5.75 Å². The standard InChI is InChI=1S/C17H23FN2O6/c1-8-9(5-10(7-12(21)22)15(19)17(24)25)6-11(26-4)14(18)13(8)16(23)20(2)3/h6,10,15H,5,7,19H2,1-4H3,(H,21,22)(H,24,25). The SMILES string of the molecule is COc1cc(CC(CC(=O)O)C(N)C(=O)O)c(C)c(C(=O)N(C)C)c1F. The van der Waals surface area contributed by atoms with E-state index in [-0.39, 0.29) is 23.3 Å². The molecule has 0 spiro atoms. The van der Waals surface area contributed by atoms with Crippen molar-refractivity contribution in [2.24, 2.45) is 11.7 Å². The van der Waals surface area contributed by atoms with Gasteiger partial charge in [0.15, 0.2) is 11.6 Å². The molecule has 0 radical (unpaired) electrons. The van der Waals surface area contributed by atoms with E-state index in [1.807, 2.05) is 0 Å². The summed E-state index contributed by atoms with van der Waals surface area (Å²) in [6.45, 7) is 1.51. The number of halogens is 1. The molecule has 26 heavy (non-hydrogen) atoms. The van der Waals surface area contributed by atoms with Gasteiger partial charge in [-0.1, -0.05) is 0 Å². The average molecular weight is 370 g/mol. The maximum Gasteiger partial charge on any atom is 0.320 e. The van der Waals surface area contributed by atoms with Crippen LogP contribution in [-0.4, -0.2) is 60.2 Å². The Balaban J connectivity index is 3.46. The molecule has 0 saturated carbocycles. The van der Waals surface area contributed by atoms with Crippen LogP contribution in [0.25, 0.3) is 0 Å². The number of carbonyl (C=O) groups is 3. The van der Waals surface area contributed by atoms with Crippen molar-refractivity contribution in [2.45, 2.75) is 25.8 Å². The van der Waals surface area contributed by atoms with Gasteiger partial charge in [0.05, 0.1) is 19.1 Å². The van der Waals surface area contributed by atoms with E-state index in [1.54, 1.807) is 0 Å². The number of carboxylic acid groups (broad SMARTS) is 2. The van der Waals surface area contributed by atoms with E-state index in [1.165, 1.54) is 39.1 Å². The molecule has 9 heteroatoms. The predicted molar refractivity (Wildman–Crippen MR) is 90.8 cm³/mol. The lowest BCUT2D eigenvalue weighted by atomic mass is 9.86. The third-order valence-electron chi connectivity index (χ3n) is 4.15. The molecule has 0 fully saturated rings. The van der Waals surface area contributed by atoms with E-state index in [0.29, 0.717) is 5.56 Å². The highest BCUT2D eigenvalue weighted by Crippen LogP contribution is 2.30. The molecule has 2 atom stereocenters. The molecule has 8 nitrogen and oxygen atoms in total. The second-order valence-electron chi connectivity index (χ2n) is 6.18. The fourth-order valence-corrected chi connectivity index (χ4v) is 2.65. The maximum atomic E-state index is 14.6. The number of carboxylic acids is 2. The largest absolute Gasteiger partial charge is 0.494 e. The number of methoxy groups -OCH3 is 1. The van der Waals surface area contributed by atoms with Gasteiger partial charge in [-0.15, -0.1) is 0 Å². The topological polar surface area (TPSA) is 130 Å². The van der Waals surface area contributed by atoms with E-state index in [9.17, 15) is 18.8 Å². The van der Waals surface area contributed by atoms with E-state index < -0.39 is 42.0 Å². The average Bonchev–Trinajstić information content (AvgIpc) is 2.55. The number of amides is 1. The van der Waals surface area contributed by atoms with Crippen molar-refractivity contribution in [1.29, 1.82) is 0 Å². The Morgan fingerprint density at radius 2 is 1.88 bits per heavy atom. The molecule has 0 aliphatic carbocycles. The van der Waals surface area contributed by atoms with Gasteiger partial charge in [-0.2, -0.15) is 0 Å². The van der Waals surface area contributed by atoms with E-state index >= 15 is 0 Å². The van der Waals surface area contributed by atoms with Crippen LogP contribution in [0.2, 0.25) is 0 Å². The number of nitrogens with two attached hydrogens (primary N) is 1. The Morgan fingerprint density at radius 3 is 2.31 bits per heavy atom. The van der Waals surface area contributed by atoms with Gasteiger partial charge >= 0.3 is 11.9 Å². The van der Waals surface area contributed by atoms with Crippen LogP contribution >= 0.6 is 0 Å². The summed E-state index contributed by atoms with van der Waals surface area (Å²) in [7, 11) is 4.17. The van der Waals surface area contributed by atoms with E-state index in [0.717, 1.165) is 0 Å². The second-order valence-corrected chi connectivity index (χ2v) is 6.18. The van der Waals surface area contributed by atoms with Gasteiger partial charge in [-0.05, 0) is 36.5 Å². The molecule has 0 aromatic heterocycles.